The van der Waals surface area contributed by atoms with E-state index in [0.717, 1.165) is 42.5 Å². The Hall–Kier alpha value is -3.93. The summed E-state index contributed by atoms with van der Waals surface area (Å²) >= 11 is 0. The van der Waals surface area contributed by atoms with Gasteiger partial charge < -0.3 is 16.0 Å². The molecule has 0 saturated heterocycles. The van der Waals surface area contributed by atoms with E-state index in [-0.39, 0.29) is 23.3 Å². The molecule has 2 aromatic carbocycles. The number of nitrogens with zero attached hydrogens (tertiary/aromatic N) is 2. The molecule has 2 amide bonds. The van der Waals surface area contributed by atoms with E-state index in [0.29, 0.717) is 24.7 Å². The molecule has 1 fully saturated rings. The number of halogens is 1. The number of nitrogens with two attached hydrogens (primary N) is 1. The predicted molar refractivity (Wildman–Crippen MR) is 154 cm³/mol. The number of aliphatic imine (C=N–C) groups is 1. The Labute approximate surface area is 225 Å². The molecule has 3 N–H and O–H groups in total. The van der Waals surface area contributed by atoms with Gasteiger partial charge in [0.05, 0.1) is 17.4 Å². The first kappa shape index (κ1) is 27.1. The van der Waals surface area contributed by atoms with Crippen LogP contribution in [0.25, 0.3) is 0 Å². The van der Waals surface area contributed by atoms with Crippen LogP contribution in [0.3, 0.4) is 0 Å². The lowest BCUT2D eigenvalue weighted by Gasteiger charge is -2.39. The van der Waals surface area contributed by atoms with Crippen molar-refractivity contribution in [3.63, 3.8) is 0 Å². The molecule has 5 nitrogen and oxygen atoms in total. The van der Waals surface area contributed by atoms with E-state index in [1.54, 1.807) is 35.4 Å². The van der Waals surface area contributed by atoms with Gasteiger partial charge in [0.1, 0.15) is 5.82 Å². The molecule has 2 aliphatic carbocycles. The van der Waals surface area contributed by atoms with Crippen LogP contribution in [0, 0.1) is 17.2 Å². The lowest BCUT2D eigenvalue weighted by Crippen LogP contribution is -2.43. The maximum atomic E-state index is 13.4. The van der Waals surface area contributed by atoms with Gasteiger partial charge in [-0.1, -0.05) is 55.0 Å². The van der Waals surface area contributed by atoms with Gasteiger partial charge in [0.15, 0.2) is 0 Å². The molecule has 0 aliphatic heterocycles. The van der Waals surface area contributed by atoms with Crippen LogP contribution in [0.2, 0.25) is 0 Å². The second-order valence-corrected chi connectivity index (χ2v) is 10.3. The van der Waals surface area contributed by atoms with Crippen LogP contribution in [-0.4, -0.2) is 29.7 Å². The van der Waals surface area contributed by atoms with Gasteiger partial charge in [-0.15, -0.1) is 13.2 Å². The van der Waals surface area contributed by atoms with E-state index in [9.17, 15) is 9.18 Å². The Morgan fingerprint density at radius 1 is 1.18 bits per heavy atom. The highest BCUT2D eigenvalue weighted by atomic mass is 19.1. The molecule has 2 aliphatic rings. The third-order valence-corrected chi connectivity index (χ3v) is 7.88. The maximum Gasteiger partial charge on any atom is 0.318 e. The number of fused-ring (bicyclic) bond motifs is 1. The molecular weight excluding hydrogens is 475 g/mol. The summed E-state index contributed by atoms with van der Waals surface area (Å²) in [4.78, 5) is 19.7. The number of benzene rings is 2. The zero-order valence-electron chi connectivity index (χ0n) is 22.1. The van der Waals surface area contributed by atoms with Crippen molar-refractivity contribution in [2.45, 2.75) is 38.6 Å². The van der Waals surface area contributed by atoms with Crippen LogP contribution in [0.5, 0.6) is 0 Å². The summed E-state index contributed by atoms with van der Waals surface area (Å²) in [6, 6.07) is 16.1. The van der Waals surface area contributed by atoms with E-state index < -0.39 is 0 Å². The number of hydrogen-bond donors (Lipinski definition) is 2. The first-order valence-corrected chi connectivity index (χ1v) is 13.2. The molecule has 0 radical (unpaired) electrons. The topological polar surface area (TPSA) is 70.7 Å². The van der Waals surface area contributed by atoms with E-state index >= 15 is 0 Å². The number of hydrogen-bond acceptors (Lipinski definition) is 3. The van der Waals surface area contributed by atoms with E-state index in [1.807, 2.05) is 18.2 Å². The minimum absolute atomic E-state index is 0.0906. The number of carbonyl (C=O) groups excluding carboxylic acids is 1. The molecule has 0 bridgehead atoms. The molecular formula is C32H37FN4O. The van der Waals surface area contributed by atoms with Crippen molar-refractivity contribution in [3.05, 3.63) is 115 Å². The molecule has 1 saturated carbocycles. The van der Waals surface area contributed by atoms with Crippen LogP contribution in [-0.2, 0) is 0 Å². The van der Waals surface area contributed by atoms with Crippen LogP contribution < -0.4 is 11.1 Å². The smallest absolute Gasteiger partial charge is 0.318 e. The summed E-state index contributed by atoms with van der Waals surface area (Å²) in [7, 11) is 0. The Kier molecular flexibility index (Phi) is 8.62. The predicted octanol–water partition coefficient (Wildman–Crippen LogP) is 7.00. The lowest BCUT2D eigenvalue weighted by atomic mass is 9.67. The molecule has 4 rings (SSSR count). The third-order valence-electron chi connectivity index (χ3n) is 7.88. The molecule has 38 heavy (non-hydrogen) atoms. The highest BCUT2D eigenvalue weighted by Crippen LogP contribution is 2.56. The summed E-state index contributed by atoms with van der Waals surface area (Å²) in [6.07, 6.45) is 10.8. The molecule has 0 aromatic heterocycles. The van der Waals surface area contributed by atoms with Crippen molar-refractivity contribution >= 4 is 17.4 Å². The molecule has 3 atom stereocenters. The van der Waals surface area contributed by atoms with Crippen LogP contribution in [0.15, 0.2) is 108 Å². The number of carbonyl (C=O) groups is 1. The Bertz CT molecular complexity index is 1240. The standard InChI is InChI=1S/C32H37FN4O/c1-4-17-37(18-5-2)31(38)36-29(23-9-7-6-8-10-23)19-25-11-12-26-20-30(24(22-34)21-32(25,26)3)35-28-15-13-27(33)14-16-28/h4-10,13-16,20,22,25,29H,1-2,11-12,17-19,21,34H2,3H3,(H,36,38)/t25-,29?,32-/m1/s1. The fourth-order valence-electron chi connectivity index (χ4n) is 5.76. The second-order valence-electron chi connectivity index (χ2n) is 10.3. The van der Waals surface area contributed by atoms with Crippen LogP contribution in [0.4, 0.5) is 14.9 Å². The number of amides is 2. The van der Waals surface area contributed by atoms with Gasteiger partial charge in [-0.05, 0) is 84.7 Å². The molecule has 198 valence electrons. The molecule has 2 aromatic rings. The first-order valence-electron chi connectivity index (χ1n) is 13.2. The number of allylic oxidation sites excluding steroid dienone is 3. The van der Waals surface area contributed by atoms with Gasteiger partial charge in [0.2, 0.25) is 0 Å². The van der Waals surface area contributed by atoms with Crippen molar-refractivity contribution in [1.29, 1.82) is 0 Å². The van der Waals surface area contributed by atoms with Gasteiger partial charge in [-0.2, -0.15) is 0 Å². The molecule has 0 spiro atoms. The normalized spacial score (nSPS) is 23.4. The summed E-state index contributed by atoms with van der Waals surface area (Å²) in [5.74, 6) is 0.0581. The Balaban J connectivity index is 1.60. The number of nitrogens with one attached hydrogen (secondary N) is 1. The average Bonchev–Trinajstić information content (AvgIpc) is 3.24. The van der Waals surface area contributed by atoms with Gasteiger partial charge in [0, 0.05) is 13.1 Å². The summed E-state index contributed by atoms with van der Waals surface area (Å²) < 4.78 is 13.4. The quantitative estimate of drug-likeness (QED) is 0.355. The summed E-state index contributed by atoms with van der Waals surface area (Å²) in [5.41, 5.74) is 11.0. The fraction of sp³-hybridized carbons (Fsp3) is 0.312. The van der Waals surface area contributed by atoms with E-state index in [1.165, 1.54) is 17.7 Å². The Morgan fingerprint density at radius 2 is 1.87 bits per heavy atom. The SMILES string of the molecule is C=CCN(CC=C)C(=O)NC(C[C@H]1CCC2=CC(=Nc3ccc(F)cc3)C(=CN)C[C@@]21C)c1ccccc1. The Morgan fingerprint density at radius 3 is 2.50 bits per heavy atom. The fourth-order valence-corrected chi connectivity index (χ4v) is 5.76. The van der Waals surface area contributed by atoms with Gasteiger partial charge in [0.25, 0.3) is 0 Å². The van der Waals surface area contributed by atoms with Crippen molar-refractivity contribution < 1.29 is 9.18 Å². The summed E-state index contributed by atoms with van der Waals surface area (Å²) in [6.45, 7) is 10.8. The maximum absolute atomic E-state index is 13.4. The van der Waals surface area contributed by atoms with E-state index in [4.69, 9.17) is 10.7 Å². The average molecular weight is 513 g/mol. The van der Waals surface area contributed by atoms with Crippen LogP contribution in [0.1, 0.15) is 44.2 Å². The highest BCUT2D eigenvalue weighted by Gasteiger charge is 2.46. The minimum Gasteiger partial charge on any atom is -0.404 e. The van der Waals surface area contributed by atoms with Gasteiger partial charge >= 0.3 is 6.03 Å². The van der Waals surface area contributed by atoms with Crippen molar-refractivity contribution in [3.8, 4) is 0 Å². The summed E-state index contributed by atoms with van der Waals surface area (Å²) in [5, 5.41) is 3.29. The monoisotopic (exact) mass is 512 g/mol. The minimum atomic E-state index is -0.283. The highest BCUT2D eigenvalue weighted by molar-refractivity contribution is 6.11. The van der Waals surface area contributed by atoms with Gasteiger partial charge in [-0.25, -0.2) is 14.2 Å². The second kappa shape index (κ2) is 12.1. The van der Waals surface area contributed by atoms with Crippen molar-refractivity contribution in [2.75, 3.05) is 13.1 Å². The molecule has 1 unspecified atom stereocenters. The van der Waals surface area contributed by atoms with E-state index in [2.05, 4.69) is 43.6 Å². The first-order chi connectivity index (χ1) is 18.4. The number of rotatable bonds is 9. The zero-order chi connectivity index (χ0) is 27.1. The number of urea groups is 1. The molecule has 6 heteroatoms. The largest absolute Gasteiger partial charge is 0.404 e. The van der Waals surface area contributed by atoms with Gasteiger partial charge in [-0.3, -0.25) is 0 Å². The third kappa shape index (κ3) is 5.96. The van der Waals surface area contributed by atoms with Crippen LogP contribution >= 0.6 is 0 Å². The van der Waals surface area contributed by atoms with Crippen molar-refractivity contribution in [2.24, 2.45) is 22.1 Å². The lowest BCUT2D eigenvalue weighted by molar-refractivity contribution is 0.193. The molecule has 0 heterocycles. The zero-order valence-corrected chi connectivity index (χ0v) is 22.1. The van der Waals surface area contributed by atoms with Crippen molar-refractivity contribution in [1.82, 2.24) is 10.2 Å².